The van der Waals surface area contributed by atoms with Crippen LogP contribution in [0.25, 0.3) is 10.8 Å². The number of pyridine rings is 1. The third-order valence-corrected chi connectivity index (χ3v) is 2.80. The highest BCUT2D eigenvalue weighted by atomic mass is 15.0. The number of rotatable bonds is 4. The Labute approximate surface area is 96.9 Å². The maximum atomic E-state index is 4.30. The Kier molecular flexibility index (Phi) is 3.52. The van der Waals surface area contributed by atoms with E-state index < -0.39 is 0 Å². The van der Waals surface area contributed by atoms with Crippen molar-refractivity contribution in [3.8, 4) is 0 Å². The van der Waals surface area contributed by atoms with Gasteiger partial charge in [0, 0.05) is 17.8 Å². The van der Waals surface area contributed by atoms with Crippen LogP contribution in [-0.2, 0) is 6.42 Å². The van der Waals surface area contributed by atoms with Gasteiger partial charge in [-0.3, -0.25) is 4.98 Å². The third kappa shape index (κ3) is 2.58. The van der Waals surface area contributed by atoms with Crippen LogP contribution in [0.2, 0.25) is 0 Å². The van der Waals surface area contributed by atoms with Crippen LogP contribution in [0.15, 0.2) is 36.7 Å². The molecule has 0 aliphatic carbocycles. The number of hydrogen-bond donors (Lipinski definition) is 0. The van der Waals surface area contributed by atoms with Crippen LogP contribution in [0.4, 0.5) is 0 Å². The molecule has 0 bridgehead atoms. The van der Waals surface area contributed by atoms with Crippen LogP contribution in [0, 0.1) is 0 Å². The lowest BCUT2D eigenvalue weighted by molar-refractivity contribution is 0.400. The zero-order chi connectivity index (χ0) is 11.4. The molecule has 84 valence electrons. The van der Waals surface area contributed by atoms with Crippen molar-refractivity contribution in [1.82, 2.24) is 9.88 Å². The van der Waals surface area contributed by atoms with E-state index in [1.54, 1.807) is 0 Å². The van der Waals surface area contributed by atoms with E-state index >= 15 is 0 Å². The predicted octanol–water partition coefficient (Wildman–Crippen LogP) is 2.73. The van der Waals surface area contributed by atoms with Crippen LogP contribution in [0.1, 0.15) is 12.0 Å². The molecule has 0 N–H and O–H groups in total. The fourth-order valence-corrected chi connectivity index (χ4v) is 1.96. The van der Waals surface area contributed by atoms with Gasteiger partial charge in [0.05, 0.1) is 0 Å². The van der Waals surface area contributed by atoms with E-state index in [4.69, 9.17) is 0 Å². The lowest BCUT2D eigenvalue weighted by Crippen LogP contribution is -2.13. The second-order valence-electron chi connectivity index (χ2n) is 4.43. The van der Waals surface area contributed by atoms with Crippen LogP contribution >= 0.6 is 0 Å². The summed E-state index contributed by atoms with van der Waals surface area (Å²) in [5.74, 6) is 0. The highest BCUT2D eigenvalue weighted by Crippen LogP contribution is 2.18. The fourth-order valence-electron chi connectivity index (χ4n) is 1.96. The minimum absolute atomic E-state index is 1.10. The Bertz CT molecular complexity index is 458. The van der Waals surface area contributed by atoms with Crippen molar-refractivity contribution in [3.63, 3.8) is 0 Å². The van der Waals surface area contributed by atoms with Crippen molar-refractivity contribution >= 4 is 10.8 Å². The summed E-state index contributed by atoms with van der Waals surface area (Å²) in [6.45, 7) is 1.13. The predicted molar refractivity (Wildman–Crippen MR) is 68.6 cm³/mol. The molecule has 2 rings (SSSR count). The quantitative estimate of drug-likeness (QED) is 0.778. The normalized spacial score (nSPS) is 11.2. The van der Waals surface area contributed by atoms with Gasteiger partial charge in [-0.2, -0.15) is 0 Å². The molecule has 0 aliphatic rings. The first-order valence-electron chi connectivity index (χ1n) is 5.74. The van der Waals surface area contributed by atoms with Crippen LogP contribution < -0.4 is 0 Å². The van der Waals surface area contributed by atoms with E-state index in [1.807, 2.05) is 12.4 Å². The average molecular weight is 214 g/mol. The zero-order valence-corrected chi connectivity index (χ0v) is 9.98. The topological polar surface area (TPSA) is 16.1 Å². The highest BCUT2D eigenvalue weighted by Gasteiger charge is 2.01. The van der Waals surface area contributed by atoms with Gasteiger partial charge in [0.2, 0.25) is 0 Å². The molecule has 0 saturated heterocycles. The SMILES string of the molecule is CN(C)CCCc1cncc2ccccc12. The molecule has 0 aliphatic heterocycles. The molecule has 0 spiro atoms. The summed E-state index contributed by atoms with van der Waals surface area (Å²) >= 11 is 0. The summed E-state index contributed by atoms with van der Waals surface area (Å²) in [6.07, 6.45) is 6.22. The molecule has 0 unspecified atom stereocenters. The Hall–Kier alpha value is -1.41. The van der Waals surface area contributed by atoms with Crippen LogP contribution in [-0.4, -0.2) is 30.5 Å². The summed E-state index contributed by atoms with van der Waals surface area (Å²) in [7, 11) is 4.22. The van der Waals surface area contributed by atoms with Crippen molar-refractivity contribution in [2.45, 2.75) is 12.8 Å². The first kappa shape index (κ1) is 11.1. The van der Waals surface area contributed by atoms with Gasteiger partial charge in [0.15, 0.2) is 0 Å². The van der Waals surface area contributed by atoms with Gasteiger partial charge in [-0.25, -0.2) is 0 Å². The van der Waals surface area contributed by atoms with Gasteiger partial charge in [0.25, 0.3) is 0 Å². The zero-order valence-electron chi connectivity index (χ0n) is 9.98. The fraction of sp³-hybridized carbons (Fsp3) is 0.357. The van der Waals surface area contributed by atoms with E-state index in [1.165, 1.54) is 22.8 Å². The summed E-state index contributed by atoms with van der Waals surface area (Å²) in [4.78, 5) is 6.52. The molecule has 1 heterocycles. The first-order valence-corrected chi connectivity index (χ1v) is 5.74. The van der Waals surface area contributed by atoms with Crippen molar-refractivity contribution in [2.24, 2.45) is 0 Å². The standard InChI is InChI=1S/C14H18N2/c1-16(2)9-5-7-13-11-15-10-12-6-3-4-8-14(12)13/h3-4,6,8,10-11H,5,7,9H2,1-2H3. The molecule has 2 heteroatoms. The third-order valence-electron chi connectivity index (χ3n) is 2.80. The monoisotopic (exact) mass is 214 g/mol. The maximum absolute atomic E-state index is 4.30. The van der Waals surface area contributed by atoms with E-state index in [-0.39, 0.29) is 0 Å². The molecule has 2 nitrogen and oxygen atoms in total. The lowest BCUT2D eigenvalue weighted by Gasteiger charge is -2.10. The van der Waals surface area contributed by atoms with E-state index in [2.05, 4.69) is 48.2 Å². The molecular formula is C14H18N2. The first-order chi connectivity index (χ1) is 7.77. The van der Waals surface area contributed by atoms with Crippen molar-refractivity contribution in [3.05, 3.63) is 42.2 Å². The smallest absolute Gasteiger partial charge is 0.0346 e. The molecular weight excluding hydrogens is 196 g/mol. The molecule has 0 saturated carbocycles. The van der Waals surface area contributed by atoms with Gasteiger partial charge in [-0.15, -0.1) is 0 Å². The Morgan fingerprint density at radius 1 is 1.12 bits per heavy atom. The summed E-state index contributed by atoms with van der Waals surface area (Å²) in [5.41, 5.74) is 1.36. The van der Waals surface area contributed by atoms with E-state index in [0.717, 1.165) is 13.0 Å². The number of benzene rings is 1. The van der Waals surface area contributed by atoms with Gasteiger partial charge < -0.3 is 4.90 Å². The number of fused-ring (bicyclic) bond motifs is 1. The van der Waals surface area contributed by atoms with Gasteiger partial charge in [-0.1, -0.05) is 24.3 Å². The lowest BCUT2D eigenvalue weighted by atomic mass is 10.0. The van der Waals surface area contributed by atoms with Crippen molar-refractivity contribution < 1.29 is 0 Å². The summed E-state index contributed by atoms with van der Waals surface area (Å²) < 4.78 is 0. The Balaban J connectivity index is 2.17. The highest BCUT2D eigenvalue weighted by molar-refractivity contribution is 5.84. The average Bonchev–Trinajstić information content (AvgIpc) is 2.29. The van der Waals surface area contributed by atoms with Crippen LogP contribution in [0.3, 0.4) is 0 Å². The van der Waals surface area contributed by atoms with Crippen molar-refractivity contribution in [2.75, 3.05) is 20.6 Å². The summed E-state index contributed by atoms with van der Waals surface area (Å²) in [5, 5.41) is 2.58. The van der Waals surface area contributed by atoms with Crippen molar-refractivity contribution in [1.29, 1.82) is 0 Å². The minimum Gasteiger partial charge on any atom is -0.309 e. The van der Waals surface area contributed by atoms with Gasteiger partial charge in [-0.05, 0) is 44.4 Å². The Morgan fingerprint density at radius 3 is 2.75 bits per heavy atom. The Morgan fingerprint density at radius 2 is 1.94 bits per heavy atom. The minimum atomic E-state index is 1.10. The molecule has 0 fully saturated rings. The van der Waals surface area contributed by atoms with Gasteiger partial charge >= 0.3 is 0 Å². The van der Waals surface area contributed by atoms with Gasteiger partial charge in [0.1, 0.15) is 0 Å². The van der Waals surface area contributed by atoms with E-state index in [0.29, 0.717) is 0 Å². The molecule has 16 heavy (non-hydrogen) atoms. The number of nitrogens with zero attached hydrogens (tertiary/aromatic N) is 2. The largest absolute Gasteiger partial charge is 0.309 e. The molecule has 0 radical (unpaired) electrons. The number of aryl methyl sites for hydroxylation is 1. The second kappa shape index (κ2) is 5.08. The molecule has 1 aromatic heterocycles. The molecule has 1 aromatic carbocycles. The number of hydrogen-bond acceptors (Lipinski definition) is 2. The molecule has 0 atom stereocenters. The second-order valence-corrected chi connectivity index (χ2v) is 4.43. The van der Waals surface area contributed by atoms with E-state index in [9.17, 15) is 0 Å². The maximum Gasteiger partial charge on any atom is 0.0346 e. The molecule has 0 amide bonds. The number of aromatic nitrogens is 1. The summed E-state index contributed by atoms with van der Waals surface area (Å²) in [6, 6.07) is 8.46. The van der Waals surface area contributed by atoms with Crippen LogP contribution in [0.5, 0.6) is 0 Å². The molecule has 2 aromatic rings.